The zero-order valence-corrected chi connectivity index (χ0v) is 9.28. The van der Waals surface area contributed by atoms with Crippen LogP contribution in [0.15, 0.2) is 15.9 Å². The monoisotopic (exact) mass is 280 g/mol. The number of hydrogen-bond donors (Lipinski definition) is 3. The summed E-state index contributed by atoms with van der Waals surface area (Å²) in [6.45, 7) is 0. The molecule has 8 nitrogen and oxygen atoms in total. The molecule has 0 aromatic carbocycles. The summed E-state index contributed by atoms with van der Waals surface area (Å²) in [4.78, 5) is 39.6. The summed E-state index contributed by atoms with van der Waals surface area (Å²) in [5.74, 6) is -2.76. The van der Waals surface area contributed by atoms with Crippen LogP contribution in [0, 0.1) is 0 Å². The molecule has 2 aromatic rings. The van der Waals surface area contributed by atoms with Crippen molar-refractivity contribution in [3.05, 3.63) is 27.2 Å². The molecule has 0 fully saturated rings. The highest BCUT2D eigenvalue weighted by molar-refractivity contribution is 5.73. The molecule has 19 heavy (non-hydrogen) atoms. The van der Waals surface area contributed by atoms with E-state index in [0.717, 1.165) is 0 Å². The summed E-state index contributed by atoms with van der Waals surface area (Å²) in [7, 11) is 1.54. The quantitative estimate of drug-likeness (QED) is 0.605. The second-order valence-electron chi connectivity index (χ2n) is 3.22. The van der Waals surface area contributed by atoms with Gasteiger partial charge in [-0.2, -0.15) is 13.2 Å². The van der Waals surface area contributed by atoms with E-state index in [4.69, 9.17) is 9.90 Å². The highest BCUT2D eigenvalue weighted by Crippen LogP contribution is 2.13. The molecule has 0 radical (unpaired) electrons. The first-order chi connectivity index (χ1) is 8.64. The summed E-state index contributed by atoms with van der Waals surface area (Å²) in [5, 5.41) is 7.12. The molecule has 0 unspecified atom stereocenters. The Hall–Kier alpha value is -2.59. The Morgan fingerprint density at radius 2 is 1.95 bits per heavy atom. The molecule has 0 spiro atoms. The van der Waals surface area contributed by atoms with E-state index in [1.165, 1.54) is 10.9 Å². The lowest BCUT2D eigenvalue weighted by molar-refractivity contribution is -0.192. The van der Waals surface area contributed by atoms with E-state index in [-0.39, 0.29) is 0 Å². The maximum Gasteiger partial charge on any atom is 0.490 e. The van der Waals surface area contributed by atoms with Gasteiger partial charge in [0.1, 0.15) is 5.52 Å². The number of carboxylic acids is 1. The number of aromatic amines is 2. The number of fused-ring (bicyclic) bond motifs is 1. The zero-order valence-electron chi connectivity index (χ0n) is 9.28. The smallest absolute Gasteiger partial charge is 0.475 e. The topological polar surface area (TPSA) is 121 Å². The second-order valence-corrected chi connectivity index (χ2v) is 3.22. The van der Waals surface area contributed by atoms with Crippen LogP contribution in [0.5, 0.6) is 0 Å². The molecular formula is C8H7F3N4O4. The van der Waals surface area contributed by atoms with Gasteiger partial charge in [0.25, 0.3) is 5.56 Å². The van der Waals surface area contributed by atoms with Crippen molar-refractivity contribution >= 4 is 17.1 Å². The summed E-state index contributed by atoms with van der Waals surface area (Å²) in [5.41, 5.74) is -0.217. The number of nitrogens with one attached hydrogen (secondary N) is 2. The number of H-pyrrole nitrogens is 2. The van der Waals surface area contributed by atoms with Crippen molar-refractivity contribution in [3.8, 4) is 0 Å². The lowest BCUT2D eigenvalue weighted by Gasteiger charge is -1.94. The molecule has 0 aliphatic carbocycles. The first-order valence-electron chi connectivity index (χ1n) is 4.57. The van der Waals surface area contributed by atoms with E-state index in [2.05, 4.69) is 15.0 Å². The Balaban J connectivity index is 0.000000224. The first kappa shape index (κ1) is 14.5. The van der Waals surface area contributed by atoms with Crippen LogP contribution < -0.4 is 11.2 Å². The average molecular weight is 280 g/mol. The van der Waals surface area contributed by atoms with Gasteiger partial charge in [-0.25, -0.2) is 14.6 Å². The van der Waals surface area contributed by atoms with Crippen molar-refractivity contribution < 1.29 is 23.1 Å². The number of aromatic nitrogens is 4. The molecule has 0 atom stereocenters. The van der Waals surface area contributed by atoms with E-state index in [1.807, 2.05) is 0 Å². The van der Waals surface area contributed by atoms with Gasteiger partial charge in [0, 0.05) is 7.05 Å². The summed E-state index contributed by atoms with van der Waals surface area (Å²) >= 11 is 0. The first-order valence-corrected chi connectivity index (χ1v) is 4.57. The van der Waals surface area contributed by atoms with Gasteiger partial charge in [-0.15, -0.1) is 0 Å². The van der Waals surface area contributed by atoms with Gasteiger partial charge in [-0.05, 0) is 0 Å². The number of aliphatic carboxylic acids is 1. The fourth-order valence-corrected chi connectivity index (χ4v) is 1.05. The number of carboxylic acid groups (broad SMARTS) is 1. The fraction of sp³-hybridized carbons (Fsp3) is 0.250. The predicted octanol–water partition coefficient (Wildman–Crippen LogP) is -0.417. The number of rotatable bonds is 0. The largest absolute Gasteiger partial charge is 0.490 e. The molecule has 0 saturated carbocycles. The van der Waals surface area contributed by atoms with Crippen LogP contribution in [0.4, 0.5) is 13.2 Å². The third-order valence-electron chi connectivity index (χ3n) is 1.93. The number of nitrogens with zero attached hydrogens (tertiary/aromatic N) is 2. The predicted molar refractivity (Wildman–Crippen MR) is 55.6 cm³/mol. The van der Waals surface area contributed by atoms with E-state index >= 15 is 0 Å². The SMILES string of the molecule is Cn1c(=O)[nH]c(=O)c2[nH]cnc21.O=C(O)C(F)(F)F. The van der Waals surface area contributed by atoms with Crippen molar-refractivity contribution in [1.29, 1.82) is 0 Å². The third-order valence-corrected chi connectivity index (χ3v) is 1.93. The van der Waals surface area contributed by atoms with Crippen molar-refractivity contribution in [2.75, 3.05) is 0 Å². The molecule has 0 saturated heterocycles. The molecule has 11 heteroatoms. The van der Waals surface area contributed by atoms with Gasteiger partial charge < -0.3 is 10.1 Å². The number of alkyl halides is 3. The van der Waals surface area contributed by atoms with Crippen LogP contribution in [-0.4, -0.2) is 36.8 Å². The lowest BCUT2D eigenvalue weighted by atomic mass is 10.5. The molecule has 0 amide bonds. The number of hydrogen-bond acceptors (Lipinski definition) is 4. The van der Waals surface area contributed by atoms with Gasteiger partial charge in [-0.1, -0.05) is 0 Å². The maximum absolute atomic E-state index is 11.1. The Morgan fingerprint density at radius 1 is 1.42 bits per heavy atom. The van der Waals surface area contributed by atoms with Gasteiger partial charge in [0.05, 0.1) is 6.33 Å². The van der Waals surface area contributed by atoms with Gasteiger partial charge in [0.2, 0.25) is 0 Å². The highest BCUT2D eigenvalue weighted by atomic mass is 19.4. The summed E-state index contributed by atoms with van der Waals surface area (Å²) in [6, 6.07) is 0. The zero-order chi connectivity index (χ0) is 14.8. The Kier molecular flexibility index (Phi) is 3.77. The maximum atomic E-state index is 11.1. The lowest BCUT2D eigenvalue weighted by Crippen LogP contribution is -2.28. The van der Waals surface area contributed by atoms with Crippen molar-refractivity contribution in [3.63, 3.8) is 0 Å². The minimum absolute atomic E-state index is 0.317. The Morgan fingerprint density at radius 3 is 2.42 bits per heavy atom. The molecule has 104 valence electrons. The average Bonchev–Trinajstić information content (AvgIpc) is 2.75. The minimum Gasteiger partial charge on any atom is -0.475 e. The molecule has 0 aliphatic rings. The Bertz CT molecular complexity index is 711. The molecule has 0 aliphatic heterocycles. The van der Waals surface area contributed by atoms with Crippen LogP contribution in [0.2, 0.25) is 0 Å². The van der Waals surface area contributed by atoms with E-state index < -0.39 is 23.4 Å². The van der Waals surface area contributed by atoms with E-state index in [1.54, 1.807) is 7.05 Å². The van der Waals surface area contributed by atoms with Crippen molar-refractivity contribution in [1.82, 2.24) is 19.5 Å². The van der Waals surface area contributed by atoms with Crippen LogP contribution in [-0.2, 0) is 11.8 Å². The van der Waals surface area contributed by atoms with Crippen LogP contribution in [0.3, 0.4) is 0 Å². The van der Waals surface area contributed by atoms with Gasteiger partial charge >= 0.3 is 17.8 Å². The normalized spacial score (nSPS) is 10.9. The van der Waals surface area contributed by atoms with E-state index in [9.17, 15) is 22.8 Å². The summed E-state index contributed by atoms with van der Waals surface area (Å²) < 4.78 is 33.0. The highest BCUT2D eigenvalue weighted by Gasteiger charge is 2.38. The second kappa shape index (κ2) is 4.96. The van der Waals surface area contributed by atoms with Crippen LogP contribution in [0.25, 0.3) is 11.2 Å². The molecule has 2 heterocycles. The molecule has 2 rings (SSSR count). The number of imidazole rings is 1. The van der Waals surface area contributed by atoms with Crippen molar-refractivity contribution in [2.45, 2.75) is 6.18 Å². The van der Waals surface area contributed by atoms with Gasteiger partial charge in [-0.3, -0.25) is 14.3 Å². The molecule has 3 N–H and O–H groups in total. The van der Waals surface area contributed by atoms with E-state index in [0.29, 0.717) is 11.2 Å². The van der Waals surface area contributed by atoms with Crippen molar-refractivity contribution in [2.24, 2.45) is 7.05 Å². The Labute approximate surface area is 101 Å². The standard InChI is InChI=1S/C6H6N4O2.C2HF3O2/c1-10-4-3(7-2-8-4)5(11)9-6(10)12;3-2(4,5)1(6)7/h2H,1H3,(H,7,8)(H,9,11,12);(H,6,7). The minimum atomic E-state index is -5.08. The van der Waals surface area contributed by atoms with Crippen LogP contribution in [0.1, 0.15) is 0 Å². The molecule has 2 aromatic heterocycles. The molecular weight excluding hydrogens is 273 g/mol. The molecule has 0 bridgehead atoms. The third kappa shape index (κ3) is 3.20. The fourth-order valence-electron chi connectivity index (χ4n) is 1.05. The number of halogens is 3. The summed E-state index contributed by atoms with van der Waals surface area (Å²) in [6.07, 6.45) is -3.71. The number of aryl methyl sites for hydroxylation is 1. The van der Waals surface area contributed by atoms with Crippen LogP contribution >= 0.6 is 0 Å². The number of carbonyl (C=O) groups is 1. The van der Waals surface area contributed by atoms with Gasteiger partial charge in [0.15, 0.2) is 5.65 Å².